The average molecular weight is 390 g/mol. The lowest BCUT2D eigenvalue weighted by Crippen LogP contribution is -2.43. The van der Waals surface area contributed by atoms with Crippen molar-refractivity contribution in [1.29, 1.82) is 0 Å². The highest BCUT2D eigenvalue weighted by atomic mass is 35.5. The Kier molecular flexibility index (Phi) is 7.63. The number of carbonyl (C=O) groups excluding carboxylic acids is 2. The van der Waals surface area contributed by atoms with Crippen LogP contribution in [0.4, 0.5) is 0 Å². The first-order chi connectivity index (χ1) is 12.6. The summed E-state index contributed by atoms with van der Waals surface area (Å²) in [5.74, 6) is -0.155. The lowest BCUT2D eigenvalue weighted by Gasteiger charge is -2.34. The van der Waals surface area contributed by atoms with Gasteiger partial charge in [0.25, 0.3) is 5.91 Å². The normalized spacial score (nSPS) is 15.6. The smallest absolute Gasteiger partial charge is 0.251 e. The molecular weight excluding hydrogens is 362 g/mol. The molecule has 5 nitrogen and oxygen atoms in total. The van der Waals surface area contributed by atoms with Crippen LogP contribution in [0.5, 0.6) is 0 Å². The Hall–Kier alpha value is -2.11. The van der Waals surface area contributed by atoms with Crippen molar-refractivity contribution in [1.82, 2.24) is 16.0 Å². The van der Waals surface area contributed by atoms with Crippen LogP contribution in [0.2, 0.25) is 0 Å². The Balaban J connectivity index is 0.00000261. The molecule has 0 spiro atoms. The second kappa shape index (κ2) is 9.72. The van der Waals surface area contributed by atoms with Crippen LogP contribution >= 0.6 is 12.4 Å². The van der Waals surface area contributed by atoms with Gasteiger partial charge in [0.1, 0.15) is 0 Å². The van der Waals surface area contributed by atoms with Crippen molar-refractivity contribution < 1.29 is 9.59 Å². The van der Waals surface area contributed by atoms with Gasteiger partial charge >= 0.3 is 0 Å². The molecule has 1 heterocycles. The summed E-state index contributed by atoms with van der Waals surface area (Å²) in [6.45, 7) is 5.28. The van der Waals surface area contributed by atoms with Crippen LogP contribution in [0.15, 0.2) is 42.5 Å². The first-order valence-corrected chi connectivity index (χ1v) is 9.30. The quantitative estimate of drug-likeness (QED) is 0.711. The number of nitrogens with one attached hydrogen (secondary N) is 3. The Labute approximate surface area is 166 Å². The van der Waals surface area contributed by atoms with E-state index in [9.17, 15) is 9.59 Å². The molecular formula is C21H28ClN3O2. The number of piperidine rings is 1. The first kappa shape index (κ1) is 21.2. The minimum Gasteiger partial charge on any atom is -0.355 e. The van der Waals surface area contributed by atoms with Crippen molar-refractivity contribution in [2.45, 2.75) is 26.2 Å². The van der Waals surface area contributed by atoms with Gasteiger partial charge < -0.3 is 16.0 Å². The van der Waals surface area contributed by atoms with Crippen LogP contribution in [-0.4, -0.2) is 38.0 Å². The van der Waals surface area contributed by atoms with Crippen LogP contribution in [0, 0.1) is 5.41 Å². The Bertz CT molecular complexity index is 788. The molecule has 146 valence electrons. The van der Waals surface area contributed by atoms with Crippen LogP contribution < -0.4 is 16.0 Å². The van der Waals surface area contributed by atoms with Gasteiger partial charge in [0, 0.05) is 25.1 Å². The summed E-state index contributed by atoms with van der Waals surface area (Å²) in [6, 6.07) is 13.6. The Morgan fingerprint density at radius 2 is 1.74 bits per heavy atom. The molecule has 3 N–H and O–H groups in total. The topological polar surface area (TPSA) is 70.2 Å². The number of halogens is 1. The second-order valence-electron chi connectivity index (χ2n) is 7.41. The third kappa shape index (κ3) is 5.94. The number of carbonyl (C=O) groups is 2. The zero-order valence-electron chi connectivity index (χ0n) is 15.7. The summed E-state index contributed by atoms with van der Waals surface area (Å²) in [5, 5.41) is 11.3. The summed E-state index contributed by atoms with van der Waals surface area (Å²) in [7, 11) is 0. The molecule has 1 fully saturated rings. The average Bonchev–Trinajstić information content (AvgIpc) is 2.66. The molecule has 0 atom stereocenters. The maximum atomic E-state index is 12.3. The van der Waals surface area contributed by atoms with E-state index < -0.39 is 0 Å². The van der Waals surface area contributed by atoms with Crippen molar-refractivity contribution in [3.63, 3.8) is 0 Å². The van der Waals surface area contributed by atoms with Crippen LogP contribution in [0.1, 0.15) is 36.5 Å². The van der Waals surface area contributed by atoms with Gasteiger partial charge in [-0.3, -0.25) is 9.59 Å². The predicted octanol–water partition coefficient (Wildman–Crippen LogP) is 2.89. The summed E-state index contributed by atoms with van der Waals surface area (Å²) >= 11 is 0. The number of amides is 2. The van der Waals surface area contributed by atoms with Crippen molar-refractivity contribution in [3.8, 4) is 0 Å². The van der Waals surface area contributed by atoms with Crippen LogP contribution in [-0.2, 0) is 4.79 Å². The molecule has 0 unspecified atom stereocenters. The number of benzene rings is 2. The van der Waals surface area contributed by atoms with Gasteiger partial charge in [0.05, 0.1) is 0 Å². The minimum absolute atomic E-state index is 0. The third-order valence-corrected chi connectivity index (χ3v) is 5.17. The van der Waals surface area contributed by atoms with E-state index in [0.717, 1.165) is 36.7 Å². The monoisotopic (exact) mass is 389 g/mol. The molecule has 2 aromatic carbocycles. The molecule has 1 aliphatic rings. The third-order valence-electron chi connectivity index (χ3n) is 5.17. The van der Waals surface area contributed by atoms with Gasteiger partial charge in [-0.25, -0.2) is 0 Å². The highest BCUT2D eigenvalue weighted by Crippen LogP contribution is 2.26. The Morgan fingerprint density at radius 1 is 1.04 bits per heavy atom. The van der Waals surface area contributed by atoms with Crippen molar-refractivity contribution >= 4 is 35.0 Å². The van der Waals surface area contributed by atoms with E-state index in [0.29, 0.717) is 25.1 Å². The van der Waals surface area contributed by atoms with Crippen LogP contribution in [0.25, 0.3) is 10.8 Å². The standard InChI is InChI=1S/C21H27N3O2.ClH/c1-21(9-12-22-13-10-21)15-24-19(25)8-11-23-20(26)18-7-6-16-4-2-3-5-17(16)14-18;/h2-7,14,22H,8-13,15H2,1H3,(H,23,26)(H,24,25);1H. The van der Waals surface area contributed by atoms with Gasteiger partial charge in [-0.2, -0.15) is 0 Å². The zero-order chi connectivity index (χ0) is 18.4. The fraction of sp³-hybridized carbons (Fsp3) is 0.429. The van der Waals surface area contributed by atoms with Crippen molar-refractivity contribution in [3.05, 3.63) is 48.0 Å². The van der Waals surface area contributed by atoms with Gasteiger partial charge in [-0.05, 0) is 54.3 Å². The number of hydrogen-bond acceptors (Lipinski definition) is 3. The molecule has 1 saturated heterocycles. The number of hydrogen-bond donors (Lipinski definition) is 3. The Morgan fingerprint density at radius 3 is 2.48 bits per heavy atom. The number of rotatable bonds is 6. The summed E-state index contributed by atoms with van der Waals surface area (Å²) in [4.78, 5) is 24.3. The zero-order valence-corrected chi connectivity index (χ0v) is 16.5. The van der Waals surface area contributed by atoms with Crippen LogP contribution in [0.3, 0.4) is 0 Å². The van der Waals surface area contributed by atoms with E-state index in [1.807, 2.05) is 42.5 Å². The highest BCUT2D eigenvalue weighted by molar-refractivity contribution is 5.98. The largest absolute Gasteiger partial charge is 0.355 e. The molecule has 2 amide bonds. The minimum atomic E-state index is -0.145. The molecule has 0 radical (unpaired) electrons. The van der Waals surface area contributed by atoms with E-state index in [2.05, 4.69) is 22.9 Å². The fourth-order valence-electron chi connectivity index (χ4n) is 3.33. The summed E-state index contributed by atoms with van der Waals surface area (Å²) in [6.07, 6.45) is 2.45. The molecule has 1 aliphatic heterocycles. The molecule has 0 aromatic heterocycles. The maximum absolute atomic E-state index is 12.3. The SMILES string of the molecule is CC1(CNC(=O)CCNC(=O)c2ccc3ccccc3c2)CCNCC1.Cl. The van der Waals surface area contributed by atoms with Gasteiger partial charge in [0.15, 0.2) is 0 Å². The summed E-state index contributed by atoms with van der Waals surface area (Å²) in [5.41, 5.74) is 0.793. The van der Waals surface area contributed by atoms with E-state index in [1.54, 1.807) is 0 Å². The molecule has 6 heteroatoms. The maximum Gasteiger partial charge on any atom is 0.251 e. The fourth-order valence-corrected chi connectivity index (χ4v) is 3.33. The molecule has 0 bridgehead atoms. The van der Waals surface area contributed by atoms with Crippen molar-refractivity contribution in [2.24, 2.45) is 5.41 Å². The van der Waals surface area contributed by atoms with E-state index in [-0.39, 0.29) is 29.6 Å². The summed E-state index contributed by atoms with van der Waals surface area (Å²) < 4.78 is 0. The number of fused-ring (bicyclic) bond motifs is 1. The van der Waals surface area contributed by atoms with E-state index >= 15 is 0 Å². The highest BCUT2D eigenvalue weighted by Gasteiger charge is 2.26. The lowest BCUT2D eigenvalue weighted by atomic mass is 9.81. The lowest BCUT2D eigenvalue weighted by molar-refractivity contribution is -0.121. The second-order valence-corrected chi connectivity index (χ2v) is 7.41. The predicted molar refractivity (Wildman–Crippen MR) is 111 cm³/mol. The molecule has 27 heavy (non-hydrogen) atoms. The molecule has 2 aromatic rings. The molecule has 0 saturated carbocycles. The molecule has 3 rings (SSSR count). The molecule has 0 aliphatic carbocycles. The van der Waals surface area contributed by atoms with Crippen molar-refractivity contribution in [2.75, 3.05) is 26.2 Å². The van der Waals surface area contributed by atoms with Gasteiger partial charge in [-0.1, -0.05) is 37.3 Å². The van der Waals surface area contributed by atoms with E-state index in [4.69, 9.17) is 0 Å². The van der Waals surface area contributed by atoms with Gasteiger partial charge in [0.2, 0.25) is 5.91 Å². The van der Waals surface area contributed by atoms with E-state index in [1.165, 1.54) is 0 Å². The first-order valence-electron chi connectivity index (χ1n) is 9.30. The van der Waals surface area contributed by atoms with Gasteiger partial charge in [-0.15, -0.1) is 12.4 Å².